The van der Waals surface area contributed by atoms with Gasteiger partial charge in [0.15, 0.2) is 0 Å². The Balaban J connectivity index is 1.05. The molecule has 14 rings (SSSR count). The molecule has 2 heterocycles. The monoisotopic (exact) mass is 815 g/mol. The second kappa shape index (κ2) is 13.3. The lowest BCUT2D eigenvalue weighted by Gasteiger charge is -2.36. The standard InChI is InChI=1S/C61H37NO2/c1-2-16-38(17-3-1)62(40-31-33-59-51(35-40)44-21-7-5-19-42(44)47-24-10-14-28-57(47)63-59)39-30-32-55-49(34-39)43-20-6-4-18-41(43)45-22-8-12-26-53(45)61(55)54-27-13-9-23-46(54)50-36-52-48-25-11-15-29-58(48)64-60(52)37-56(50)61/h1-37H. The molecule has 0 saturated heterocycles. The van der Waals surface area contributed by atoms with Gasteiger partial charge in [0.25, 0.3) is 0 Å². The van der Waals surface area contributed by atoms with Crippen molar-refractivity contribution in [3.8, 4) is 67.1 Å². The van der Waals surface area contributed by atoms with Gasteiger partial charge in [0.1, 0.15) is 22.7 Å². The van der Waals surface area contributed by atoms with Crippen LogP contribution in [0.1, 0.15) is 22.3 Å². The van der Waals surface area contributed by atoms with Crippen LogP contribution < -0.4 is 9.64 Å². The summed E-state index contributed by atoms with van der Waals surface area (Å²) in [6.45, 7) is 0. The van der Waals surface area contributed by atoms with E-state index >= 15 is 0 Å². The maximum Gasteiger partial charge on any atom is 0.135 e. The molecule has 3 heteroatoms. The van der Waals surface area contributed by atoms with Crippen LogP contribution in [-0.2, 0) is 5.41 Å². The molecule has 0 radical (unpaired) electrons. The summed E-state index contributed by atoms with van der Waals surface area (Å²) in [7, 11) is 0. The molecule has 0 fully saturated rings. The number of furan rings is 1. The number of nitrogens with zero attached hydrogens (tertiary/aromatic N) is 1. The van der Waals surface area contributed by atoms with Crippen LogP contribution in [0.3, 0.4) is 0 Å². The van der Waals surface area contributed by atoms with Gasteiger partial charge in [-0.25, -0.2) is 0 Å². The molecular weight excluding hydrogens is 779 g/mol. The summed E-state index contributed by atoms with van der Waals surface area (Å²) in [6.07, 6.45) is 0. The zero-order chi connectivity index (χ0) is 41.9. The van der Waals surface area contributed by atoms with E-state index in [9.17, 15) is 0 Å². The van der Waals surface area contributed by atoms with Crippen LogP contribution in [0.25, 0.3) is 77.6 Å². The lowest BCUT2D eigenvalue weighted by atomic mass is 9.66. The first kappa shape index (κ1) is 35.2. The number of para-hydroxylation sites is 3. The smallest absolute Gasteiger partial charge is 0.135 e. The maximum absolute atomic E-state index is 6.72. The van der Waals surface area contributed by atoms with Gasteiger partial charge in [-0.15, -0.1) is 0 Å². The fourth-order valence-electron chi connectivity index (χ4n) is 11.3. The molecule has 1 spiro atoms. The number of benzene rings is 10. The fraction of sp³-hybridized carbons (Fsp3) is 0.0164. The quantitative estimate of drug-likeness (QED) is 0.178. The molecule has 11 aromatic rings. The number of hydrogen-bond donors (Lipinski definition) is 0. The van der Waals surface area contributed by atoms with Crippen LogP contribution in [0.4, 0.5) is 17.1 Å². The number of hydrogen-bond acceptors (Lipinski definition) is 3. The Kier molecular flexibility index (Phi) is 7.32. The molecule has 1 aromatic heterocycles. The molecule has 3 aliphatic rings. The average molecular weight is 816 g/mol. The van der Waals surface area contributed by atoms with Gasteiger partial charge in [0.2, 0.25) is 0 Å². The average Bonchev–Trinajstić information content (AvgIpc) is 3.78. The molecule has 2 aliphatic carbocycles. The van der Waals surface area contributed by atoms with E-state index in [1.54, 1.807) is 0 Å². The Hall–Kier alpha value is -8.40. The Labute approximate surface area is 370 Å². The van der Waals surface area contributed by atoms with Crippen LogP contribution >= 0.6 is 0 Å². The predicted molar refractivity (Wildman–Crippen MR) is 261 cm³/mol. The molecular formula is C61H37NO2. The molecule has 298 valence electrons. The fourth-order valence-corrected chi connectivity index (χ4v) is 11.3. The van der Waals surface area contributed by atoms with Crippen LogP contribution in [0.15, 0.2) is 229 Å². The van der Waals surface area contributed by atoms with Gasteiger partial charge in [-0.3, -0.25) is 0 Å². The maximum atomic E-state index is 6.72. The van der Waals surface area contributed by atoms with E-state index in [4.69, 9.17) is 9.15 Å². The van der Waals surface area contributed by atoms with E-state index in [-0.39, 0.29) is 0 Å². The number of rotatable bonds is 3. The van der Waals surface area contributed by atoms with Crippen molar-refractivity contribution in [1.29, 1.82) is 0 Å². The van der Waals surface area contributed by atoms with Crippen LogP contribution in [-0.4, -0.2) is 0 Å². The van der Waals surface area contributed by atoms with E-state index in [2.05, 4.69) is 223 Å². The highest BCUT2D eigenvalue weighted by atomic mass is 16.5. The first-order chi connectivity index (χ1) is 31.7. The third kappa shape index (κ3) is 4.81. The molecule has 0 amide bonds. The van der Waals surface area contributed by atoms with Crippen molar-refractivity contribution in [2.45, 2.75) is 5.41 Å². The van der Waals surface area contributed by atoms with Gasteiger partial charge in [-0.2, -0.15) is 0 Å². The third-order valence-electron chi connectivity index (χ3n) is 13.9. The number of anilines is 3. The summed E-state index contributed by atoms with van der Waals surface area (Å²) in [5.74, 6) is 1.69. The molecule has 0 N–H and O–H groups in total. The SMILES string of the molecule is c1ccc(N(c2ccc3c(c2)-c2ccccc2-c2ccccc2O3)c2ccc3c(c2)-c2ccccc2-c2ccccc2C32c3ccccc3-c3cc4c(cc32)oc2ccccc24)cc1. The lowest BCUT2D eigenvalue weighted by Crippen LogP contribution is -2.29. The first-order valence-corrected chi connectivity index (χ1v) is 22.0. The number of ether oxygens (including phenoxy) is 1. The van der Waals surface area contributed by atoms with Gasteiger partial charge in [0, 0.05) is 39.0 Å². The summed E-state index contributed by atoms with van der Waals surface area (Å²) < 4.78 is 13.4. The van der Waals surface area contributed by atoms with Gasteiger partial charge >= 0.3 is 0 Å². The zero-order valence-corrected chi connectivity index (χ0v) is 34.6. The first-order valence-electron chi connectivity index (χ1n) is 22.0. The second-order valence-corrected chi connectivity index (χ2v) is 17.1. The van der Waals surface area contributed by atoms with Crippen LogP contribution in [0.2, 0.25) is 0 Å². The van der Waals surface area contributed by atoms with Crippen molar-refractivity contribution < 1.29 is 9.15 Å². The number of fused-ring (bicyclic) bond motifs is 20. The van der Waals surface area contributed by atoms with Crippen molar-refractivity contribution >= 4 is 39.0 Å². The van der Waals surface area contributed by atoms with Crippen molar-refractivity contribution in [2.75, 3.05) is 4.90 Å². The minimum Gasteiger partial charge on any atom is -0.456 e. The van der Waals surface area contributed by atoms with E-state index in [1.807, 2.05) is 6.07 Å². The Morgan fingerprint density at radius 3 is 1.53 bits per heavy atom. The van der Waals surface area contributed by atoms with Crippen molar-refractivity contribution in [3.63, 3.8) is 0 Å². The zero-order valence-electron chi connectivity index (χ0n) is 34.6. The lowest BCUT2D eigenvalue weighted by molar-refractivity contribution is 0.488. The summed E-state index contributed by atoms with van der Waals surface area (Å²) in [5, 5.41) is 2.27. The highest BCUT2D eigenvalue weighted by molar-refractivity contribution is 6.09. The van der Waals surface area contributed by atoms with Gasteiger partial charge in [0.05, 0.1) is 5.41 Å². The molecule has 3 nitrogen and oxygen atoms in total. The Morgan fingerprint density at radius 2 is 0.781 bits per heavy atom. The Bertz CT molecular complexity index is 3730. The van der Waals surface area contributed by atoms with Crippen LogP contribution in [0, 0.1) is 0 Å². The molecule has 0 saturated carbocycles. The topological polar surface area (TPSA) is 25.6 Å². The second-order valence-electron chi connectivity index (χ2n) is 17.1. The van der Waals surface area contributed by atoms with Crippen molar-refractivity contribution in [3.05, 3.63) is 247 Å². The van der Waals surface area contributed by atoms with Crippen molar-refractivity contribution in [2.24, 2.45) is 0 Å². The minimum absolute atomic E-state index is 0.653. The van der Waals surface area contributed by atoms with E-state index in [0.29, 0.717) is 0 Å². The van der Waals surface area contributed by atoms with Gasteiger partial charge < -0.3 is 14.1 Å². The molecule has 64 heavy (non-hydrogen) atoms. The highest BCUT2D eigenvalue weighted by Gasteiger charge is 2.50. The van der Waals surface area contributed by atoms with E-state index < -0.39 is 5.41 Å². The molecule has 10 aromatic carbocycles. The van der Waals surface area contributed by atoms with Gasteiger partial charge in [-0.1, -0.05) is 158 Å². The third-order valence-corrected chi connectivity index (χ3v) is 13.9. The molecule has 1 aliphatic heterocycles. The predicted octanol–water partition coefficient (Wildman–Crippen LogP) is 16.5. The van der Waals surface area contributed by atoms with Gasteiger partial charge in [-0.05, 0) is 133 Å². The minimum atomic E-state index is -0.653. The van der Waals surface area contributed by atoms with Crippen molar-refractivity contribution in [1.82, 2.24) is 0 Å². The highest BCUT2D eigenvalue weighted by Crippen LogP contribution is 2.63. The summed E-state index contributed by atoms with van der Waals surface area (Å²) >= 11 is 0. The molecule has 1 atom stereocenters. The van der Waals surface area contributed by atoms with E-state index in [0.717, 1.165) is 72.8 Å². The van der Waals surface area contributed by atoms with Crippen LogP contribution in [0.5, 0.6) is 11.5 Å². The normalized spacial score (nSPS) is 14.8. The summed E-state index contributed by atoms with van der Waals surface area (Å²) in [4.78, 5) is 2.39. The molecule has 0 bridgehead atoms. The summed E-state index contributed by atoms with van der Waals surface area (Å²) in [5.41, 5.74) is 21.1. The Morgan fingerprint density at radius 1 is 0.281 bits per heavy atom. The van der Waals surface area contributed by atoms with E-state index in [1.165, 1.54) is 55.6 Å². The largest absolute Gasteiger partial charge is 0.456 e. The molecule has 1 unspecified atom stereocenters. The summed E-state index contributed by atoms with van der Waals surface area (Å²) in [6, 6.07) is 81.7.